The summed E-state index contributed by atoms with van der Waals surface area (Å²) in [4.78, 5) is 28.6. The standard InChI is InChI=1S/C16H28N2O3/c1-12(2)15(19)18-6-4-5-14(11-18)13(3)16(20)17-7-9-21-10-8-17/h12-14H,4-11H2,1-3H3. The molecule has 0 bridgehead atoms. The summed E-state index contributed by atoms with van der Waals surface area (Å²) in [6, 6.07) is 0. The lowest BCUT2D eigenvalue weighted by Gasteiger charge is -2.38. The van der Waals surface area contributed by atoms with Crippen molar-refractivity contribution in [3.05, 3.63) is 0 Å². The average Bonchev–Trinajstić information content (AvgIpc) is 2.53. The smallest absolute Gasteiger partial charge is 0.225 e. The third kappa shape index (κ3) is 3.96. The highest BCUT2D eigenvalue weighted by atomic mass is 16.5. The van der Waals surface area contributed by atoms with Crippen molar-refractivity contribution in [2.75, 3.05) is 39.4 Å². The van der Waals surface area contributed by atoms with Gasteiger partial charge in [0.15, 0.2) is 0 Å². The van der Waals surface area contributed by atoms with Crippen LogP contribution in [0.25, 0.3) is 0 Å². The third-order valence-electron chi connectivity index (χ3n) is 4.68. The van der Waals surface area contributed by atoms with E-state index >= 15 is 0 Å². The van der Waals surface area contributed by atoms with Crippen LogP contribution in [0.1, 0.15) is 33.6 Å². The molecule has 120 valence electrons. The Hall–Kier alpha value is -1.10. The van der Waals surface area contributed by atoms with Crippen LogP contribution in [0.5, 0.6) is 0 Å². The molecule has 2 heterocycles. The quantitative estimate of drug-likeness (QED) is 0.790. The molecule has 0 aliphatic carbocycles. The molecule has 2 saturated heterocycles. The minimum atomic E-state index is -0.00846. The van der Waals surface area contributed by atoms with Crippen molar-refractivity contribution in [3.63, 3.8) is 0 Å². The molecule has 2 rings (SSSR count). The van der Waals surface area contributed by atoms with Gasteiger partial charge < -0.3 is 14.5 Å². The van der Waals surface area contributed by atoms with Gasteiger partial charge in [-0.1, -0.05) is 20.8 Å². The predicted molar refractivity (Wildman–Crippen MR) is 80.7 cm³/mol. The number of hydrogen-bond acceptors (Lipinski definition) is 3. The van der Waals surface area contributed by atoms with Crippen molar-refractivity contribution in [2.24, 2.45) is 17.8 Å². The summed E-state index contributed by atoms with van der Waals surface area (Å²) < 4.78 is 5.30. The first-order chi connectivity index (χ1) is 10.0. The number of hydrogen-bond donors (Lipinski definition) is 0. The molecule has 2 unspecified atom stereocenters. The summed E-state index contributed by atoms with van der Waals surface area (Å²) in [6.45, 7) is 10.1. The second-order valence-corrected chi connectivity index (χ2v) is 6.57. The Labute approximate surface area is 127 Å². The van der Waals surface area contributed by atoms with E-state index < -0.39 is 0 Å². The van der Waals surface area contributed by atoms with Crippen LogP contribution in [0.15, 0.2) is 0 Å². The molecule has 2 fully saturated rings. The number of likely N-dealkylation sites (tertiary alicyclic amines) is 1. The van der Waals surface area contributed by atoms with Crippen molar-refractivity contribution >= 4 is 11.8 Å². The molecule has 0 spiro atoms. The first kappa shape index (κ1) is 16.3. The maximum Gasteiger partial charge on any atom is 0.225 e. The van der Waals surface area contributed by atoms with Crippen LogP contribution in [-0.4, -0.2) is 61.0 Å². The van der Waals surface area contributed by atoms with Gasteiger partial charge in [-0.15, -0.1) is 0 Å². The highest BCUT2D eigenvalue weighted by Crippen LogP contribution is 2.26. The number of rotatable bonds is 3. The van der Waals surface area contributed by atoms with Crippen molar-refractivity contribution in [3.8, 4) is 0 Å². The molecule has 2 aliphatic heterocycles. The van der Waals surface area contributed by atoms with Gasteiger partial charge in [0.05, 0.1) is 13.2 Å². The topological polar surface area (TPSA) is 49.9 Å². The summed E-state index contributed by atoms with van der Waals surface area (Å²) in [5.74, 6) is 0.754. The summed E-state index contributed by atoms with van der Waals surface area (Å²) >= 11 is 0. The summed E-state index contributed by atoms with van der Waals surface area (Å²) in [7, 11) is 0. The second kappa shape index (κ2) is 7.25. The summed E-state index contributed by atoms with van der Waals surface area (Å²) in [5, 5.41) is 0. The molecule has 0 N–H and O–H groups in total. The van der Waals surface area contributed by atoms with Crippen LogP contribution in [0.2, 0.25) is 0 Å². The van der Waals surface area contributed by atoms with Crippen LogP contribution in [-0.2, 0) is 14.3 Å². The van der Waals surface area contributed by atoms with Crippen LogP contribution in [0, 0.1) is 17.8 Å². The van der Waals surface area contributed by atoms with E-state index in [4.69, 9.17) is 4.74 Å². The zero-order valence-corrected chi connectivity index (χ0v) is 13.5. The molecule has 2 atom stereocenters. The molecule has 2 amide bonds. The largest absolute Gasteiger partial charge is 0.378 e. The Bertz CT molecular complexity index is 378. The monoisotopic (exact) mass is 296 g/mol. The van der Waals surface area contributed by atoms with Crippen molar-refractivity contribution in [1.82, 2.24) is 9.80 Å². The maximum absolute atomic E-state index is 12.6. The Morgan fingerprint density at radius 1 is 1.00 bits per heavy atom. The molecular formula is C16H28N2O3. The van der Waals surface area contributed by atoms with Gasteiger partial charge in [0.2, 0.25) is 11.8 Å². The molecule has 2 aliphatic rings. The molecule has 0 aromatic rings. The molecule has 0 aromatic heterocycles. The summed E-state index contributed by atoms with van der Waals surface area (Å²) in [5.41, 5.74) is 0. The van der Waals surface area contributed by atoms with E-state index in [-0.39, 0.29) is 29.6 Å². The molecular weight excluding hydrogens is 268 g/mol. The summed E-state index contributed by atoms with van der Waals surface area (Å²) in [6.07, 6.45) is 2.04. The number of amides is 2. The van der Waals surface area contributed by atoms with Crippen LogP contribution in [0.4, 0.5) is 0 Å². The number of carbonyl (C=O) groups excluding carboxylic acids is 2. The highest BCUT2D eigenvalue weighted by Gasteiger charge is 2.33. The van der Waals surface area contributed by atoms with Crippen LogP contribution < -0.4 is 0 Å². The lowest BCUT2D eigenvalue weighted by molar-refractivity contribution is -0.144. The molecule has 21 heavy (non-hydrogen) atoms. The number of nitrogens with zero attached hydrogens (tertiary/aromatic N) is 2. The van der Waals surface area contributed by atoms with Gasteiger partial charge in [0.1, 0.15) is 0 Å². The van der Waals surface area contributed by atoms with E-state index in [0.717, 1.165) is 25.9 Å². The van der Waals surface area contributed by atoms with Crippen molar-refractivity contribution in [1.29, 1.82) is 0 Å². The van der Waals surface area contributed by atoms with E-state index in [1.165, 1.54) is 0 Å². The third-order valence-corrected chi connectivity index (χ3v) is 4.68. The van der Waals surface area contributed by atoms with E-state index in [2.05, 4.69) is 0 Å². The zero-order valence-electron chi connectivity index (χ0n) is 13.5. The number of carbonyl (C=O) groups is 2. The normalized spacial score (nSPS) is 25.0. The van der Waals surface area contributed by atoms with E-state index in [0.29, 0.717) is 26.3 Å². The zero-order chi connectivity index (χ0) is 15.4. The predicted octanol–water partition coefficient (Wildman–Crippen LogP) is 1.38. The van der Waals surface area contributed by atoms with E-state index in [1.807, 2.05) is 30.6 Å². The Kier molecular flexibility index (Phi) is 5.62. The highest BCUT2D eigenvalue weighted by molar-refractivity contribution is 5.80. The molecule has 0 aromatic carbocycles. The van der Waals surface area contributed by atoms with E-state index in [9.17, 15) is 9.59 Å². The minimum Gasteiger partial charge on any atom is -0.378 e. The first-order valence-electron chi connectivity index (χ1n) is 8.16. The number of ether oxygens (including phenoxy) is 1. The van der Waals surface area contributed by atoms with Gasteiger partial charge >= 0.3 is 0 Å². The van der Waals surface area contributed by atoms with Gasteiger partial charge in [-0.25, -0.2) is 0 Å². The van der Waals surface area contributed by atoms with Crippen molar-refractivity contribution in [2.45, 2.75) is 33.6 Å². The van der Waals surface area contributed by atoms with E-state index in [1.54, 1.807) is 0 Å². The van der Waals surface area contributed by atoms with Crippen LogP contribution >= 0.6 is 0 Å². The first-order valence-corrected chi connectivity index (χ1v) is 8.16. The maximum atomic E-state index is 12.6. The second-order valence-electron chi connectivity index (χ2n) is 6.57. The fraction of sp³-hybridized carbons (Fsp3) is 0.875. The molecule has 5 nitrogen and oxygen atoms in total. The fourth-order valence-electron chi connectivity index (χ4n) is 3.26. The number of piperidine rings is 1. The van der Waals surface area contributed by atoms with Crippen molar-refractivity contribution < 1.29 is 14.3 Å². The SMILES string of the molecule is CC(C)C(=O)N1CCCC(C(C)C(=O)N2CCOCC2)C1. The lowest BCUT2D eigenvalue weighted by Crippen LogP contribution is -2.49. The van der Waals surface area contributed by atoms with Gasteiger partial charge in [-0.05, 0) is 18.8 Å². The molecule has 0 saturated carbocycles. The van der Waals surface area contributed by atoms with Gasteiger partial charge in [0, 0.05) is 38.0 Å². The Morgan fingerprint density at radius 3 is 2.29 bits per heavy atom. The average molecular weight is 296 g/mol. The number of morpholine rings is 1. The van der Waals surface area contributed by atoms with Gasteiger partial charge in [-0.2, -0.15) is 0 Å². The van der Waals surface area contributed by atoms with Crippen LogP contribution in [0.3, 0.4) is 0 Å². The Balaban J connectivity index is 1.93. The lowest BCUT2D eigenvalue weighted by atomic mass is 9.85. The fourth-order valence-corrected chi connectivity index (χ4v) is 3.26. The van der Waals surface area contributed by atoms with Gasteiger partial charge in [0.25, 0.3) is 0 Å². The molecule has 0 radical (unpaired) electrons. The molecule has 5 heteroatoms. The minimum absolute atomic E-state index is 0.00846. The van der Waals surface area contributed by atoms with Gasteiger partial charge in [-0.3, -0.25) is 9.59 Å². The Morgan fingerprint density at radius 2 is 1.67 bits per heavy atom.